The zero-order valence-corrected chi connectivity index (χ0v) is 8.04. The Morgan fingerprint density at radius 3 is 2.77 bits per heavy atom. The SMILES string of the molecule is OC(CCl)CNCc1ccncc1. The number of hydrogen-bond donors (Lipinski definition) is 2. The maximum atomic E-state index is 9.13. The highest BCUT2D eigenvalue weighted by Crippen LogP contribution is 1.95. The second-order valence-electron chi connectivity index (χ2n) is 2.79. The fourth-order valence-corrected chi connectivity index (χ4v) is 1.05. The minimum Gasteiger partial charge on any atom is -0.391 e. The molecule has 1 unspecified atom stereocenters. The molecule has 0 spiro atoms. The molecule has 1 aromatic heterocycles. The summed E-state index contributed by atoms with van der Waals surface area (Å²) in [6.07, 6.45) is 3.02. The van der Waals surface area contributed by atoms with Crippen molar-refractivity contribution in [2.45, 2.75) is 12.6 Å². The van der Waals surface area contributed by atoms with E-state index in [0.29, 0.717) is 6.54 Å². The van der Waals surface area contributed by atoms with Gasteiger partial charge in [0.15, 0.2) is 0 Å². The van der Waals surface area contributed by atoms with Gasteiger partial charge in [0.25, 0.3) is 0 Å². The van der Waals surface area contributed by atoms with Crippen LogP contribution in [0.3, 0.4) is 0 Å². The highest BCUT2D eigenvalue weighted by Gasteiger charge is 1.99. The van der Waals surface area contributed by atoms with Gasteiger partial charge in [-0.3, -0.25) is 4.98 Å². The Morgan fingerprint density at radius 2 is 2.15 bits per heavy atom. The van der Waals surface area contributed by atoms with Crippen LogP contribution in [0.15, 0.2) is 24.5 Å². The highest BCUT2D eigenvalue weighted by molar-refractivity contribution is 6.18. The molecule has 0 radical (unpaired) electrons. The molecule has 0 amide bonds. The molecule has 1 aromatic rings. The summed E-state index contributed by atoms with van der Waals surface area (Å²) in [4.78, 5) is 3.91. The lowest BCUT2D eigenvalue weighted by molar-refractivity contribution is 0.194. The van der Waals surface area contributed by atoms with Gasteiger partial charge < -0.3 is 10.4 Å². The van der Waals surface area contributed by atoms with E-state index in [1.165, 1.54) is 0 Å². The van der Waals surface area contributed by atoms with Crippen LogP contribution in [-0.2, 0) is 6.54 Å². The normalized spacial score (nSPS) is 12.8. The summed E-state index contributed by atoms with van der Waals surface area (Å²) in [6, 6.07) is 3.86. The molecule has 0 aliphatic rings. The third-order valence-electron chi connectivity index (χ3n) is 1.64. The lowest BCUT2D eigenvalue weighted by atomic mass is 10.2. The number of alkyl halides is 1. The minimum absolute atomic E-state index is 0.267. The van der Waals surface area contributed by atoms with Crippen molar-refractivity contribution >= 4 is 11.6 Å². The first kappa shape index (κ1) is 10.4. The molecule has 2 N–H and O–H groups in total. The second-order valence-corrected chi connectivity index (χ2v) is 3.10. The van der Waals surface area contributed by atoms with E-state index in [-0.39, 0.29) is 5.88 Å². The van der Waals surface area contributed by atoms with Crippen molar-refractivity contribution in [3.8, 4) is 0 Å². The molecule has 4 heteroatoms. The quantitative estimate of drug-likeness (QED) is 0.691. The first-order chi connectivity index (χ1) is 6.33. The Labute approximate surface area is 82.8 Å². The smallest absolute Gasteiger partial charge is 0.0799 e. The van der Waals surface area contributed by atoms with Crippen molar-refractivity contribution in [1.29, 1.82) is 0 Å². The van der Waals surface area contributed by atoms with Gasteiger partial charge in [-0.1, -0.05) is 0 Å². The average Bonchev–Trinajstić information content (AvgIpc) is 2.19. The van der Waals surface area contributed by atoms with Crippen LogP contribution in [0, 0.1) is 0 Å². The number of pyridine rings is 1. The molecule has 72 valence electrons. The molecule has 0 saturated carbocycles. The third kappa shape index (κ3) is 4.22. The molecular formula is C9H13ClN2O. The van der Waals surface area contributed by atoms with E-state index >= 15 is 0 Å². The maximum Gasteiger partial charge on any atom is 0.0799 e. The fraction of sp³-hybridized carbons (Fsp3) is 0.444. The lowest BCUT2D eigenvalue weighted by Crippen LogP contribution is -2.27. The number of aliphatic hydroxyl groups excluding tert-OH is 1. The third-order valence-corrected chi connectivity index (χ3v) is 1.99. The van der Waals surface area contributed by atoms with Gasteiger partial charge >= 0.3 is 0 Å². The molecule has 0 aliphatic carbocycles. The molecule has 0 bridgehead atoms. The van der Waals surface area contributed by atoms with Crippen molar-refractivity contribution in [2.24, 2.45) is 0 Å². The highest BCUT2D eigenvalue weighted by atomic mass is 35.5. The number of nitrogens with zero attached hydrogens (tertiary/aromatic N) is 1. The van der Waals surface area contributed by atoms with Crippen LogP contribution in [0.25, 0.3) is 0 Å². The zero-order chi connectivity index (χ0) is 9.52. The van der Waals surface area contributed by atoms with Crippen molar-refractivity contribution in [3.63, 3.8) is 0 Å². The van der Waals surface area contributed by atoms with Gasteiger partial charge in [-0.05, 0) is 17.7 Å². The van der Waals surface area contributed by atoms with Crippen molar-refractivity contribution in [2.75, 3.05) is 12.4 Å². The van der Waals surface area contributed by atoms with E-state index in [0.717, 1.165) is 12.1 Å². The summed E-state index contributed by atoms with van der Waals surface area (Å²) in [5.74, 6) is 0.267. The summed E-state index contributed by atoms with van der Waals surface area (Å²) in [5, 5.41) is 12.2. The Hall–Kier alpha value is -0.640. The van der Waals surface area contributed by atoms with Crippen molar-refractivity contribution < 1.29 is 5.11 Å². The molecule has 0 aromatic carbocycles. The summed E-state index contributed by atoms with van der Waals surface area (Å²) >= 11 is 5.43. The van der Waals surface area contributed by atoms with Crippen LogP contribution in [0.5, 0.6) is 0 Å². The first-order valence-electron chi connectivity index (χ1n) is 4.16. The van der Waals surface area contributed by atoms with E-state index < -0.39 is 6.10 Å². The Balaban J connectivity index is 2.20. The van der Waals surface area contributed by atoms with E-state index in [4.69, 9.17) is 16.7 Å². The number of aromatic nitrogens is 1. The molecule has 3 nitrogen and oxygen atoms in total. The zero-order valence-electron chi connectivity index (χ0n) is 7.28. The van der Waals surface area contributed by atoms with Crippen LogP contribution < -0.4 is 5.32 Å². The van der Waals surface area contributed by atoms with Crippen molar-refractivity contribution in [1.82, 2.24) is 10.3 Å². The molecule has 0 aliphatic heterocycles. The topological polar surface area (TPSA) is 45.1 Å². The summed E-state index contributed by atoms with van der Waals surface area (Å²) < 4.78 is 0. The Kier molecular flexibility index (Phi) is 4.75. The van der Waals surface area contributed by atoms with Crippen LogP contribution in [-0.4, -0.2) is 28.6 Å². The Bertz CT molecular complexity index is 230. The number of aliphatic hydroxyl groups is 1. The van der Waals surface area contributed by atoms with Crippen LogP contribution in [0.2, 0.25) is 0 Å². The van der Waals surface area contributed by atoms with E-state index in [1.807, 2.05) is 12.1 Å². The van der Waals surface area contributed by atoms with Crippen LogP contribution in [0.4, 0.5) is 0 Å². The Morgan fingerprint density at radius 1 is 1.46 bits per heavy atom. The summed E-state index contributed by atoms with van der Waals surface area (Å²) in [5.41, 5.74) is 1.15. The van der Waals surface area contributed by atoms with Crippen LogP contribution >= 0.6 is 11.6 Å². The predicted molar refractivity (Wildman–Crippen MR) is 52.7 cm³/mol. The molecule has 1 atom stereocenters. The molecule has 1 heterocycles. The molecule has 0 fully saturated rings. The van der Waals surface area contributed by atoms with Crippen LogP contribution in [0.1, 0.15) is 5.56 Å². The van der Waals surface area contributed by atoms with E-state index in [2.05, 4.69) is 10.3 Å². The standard InChI is InChI=1S/C9H13ClN2O/c10-5-9(13)7-12-6-8-1-3-11-4-2-8/h1-4,9,12-13H,5-7H2. The van der Waals surface area contributed by atoms with Crippen molar-refractivity contribution in [3.05, 3.63) is 30.1 Å². The lowest BCUT2D eigenvalue weighted by Gasteiger charge is -2.07. The number of nitrogens with one attached hydrogen (secondary N) is 1. The minimum atomic E-state index is -0.469. The molecule has 13 heavy (non-hydrogen) atoms. The van der Waals surface area contributed by atoms with Gasteiger partial charge in [-0.15, -0.1) is 11.6 Å². The molecular weight excluding hydrogens is 188 g/mol. The van der Waals surface area contributed by atoms with Gasteiger partial charge in [0.05, 0.1) is 6.10 Å². The number of hydrogen-bond acceptors (Lipinski definition) is 3. The van der Waals surface area contributed by atoms with Gasteiger partial charge in [0.1, 0.15) is 0 Å². The summed E-state index contributed by atoms with van der Waals surface area (Å²) in [7, 11) is 0. The first-order valence-corrected chi connectivity index (χ1v) is 4.70. The molecule has 1 rings (SSSR count). The van der Waals surface area contributed by atoms with Gasteiger partial charge in [-0.2, -0.15) is 0 Å². The maximum absolute atomic E-state index is 9.13. The number of halogens is 1. The fourth-order valence-electron chi connectivity index (χ4n) is 0.938. The van der Waals surface area contributed by atoms with E-state index in [1.54, 1.807) is 12.4 Å². The van der Waals surface area contributed by atoms with Gasteiger partial charge in [-0.25, -0.2) is 0 Å². The van der Waals surface area contributed by atoms with Gasteiger partial charge in [0.2, 0.25) is 0 Å². The second kappa shape index (κ2) is 5.91. The largest absolute Gasteiger partial charge is 0.391 e. The van der Waals surface area contributed by atoms with E-state index in [9.17, 15) is 0 Å². The number of rotatable bonds is 5. The van der Waals surface area contributed by atoms with Gasteiger partial charge in [0, 0.05) is 31.4 Å². The molecule has 0 saturated heterocycles. The predicted octanol–water partition coefficient (Wildman–Crippen LogP) is 0.771. The average molecular weight is 201 g/mol. The summed E-state index contributed by atoms with van der Waals surface area (Å²) in [6.45, 7) is 1.25. The monoisotopic (exact) mass is 200 g/mol.